The molecular weight excluding hydrogens is 364 g/mol. The molecule has 0 amide bonds. The second-order valence-corrected chi connectivity index (χ2v) is 7.92. The molecule has 5 nitrogen and oxygen atoms in total. The predicted octanol–water partition coefficient (Wildman–Crippen LogP) is 2.35. The Bertz CT molecular complexity index is 759. The Morgan fingerprint density at radius 1 is 1.03 bits per heavy atom. The lowest BCUT2D eigenvalue weighted by Gasteiger charge is -2.35. The molecule has 0 aliphatic carbocycles. The molecule has 2 aromatic carbocycles. The highest BCUT2D eigenvalue weighted by Gasteiger charge is 2.24. The number of para-hydroxylation sites is 3. The van der Waals surface area contributed by atoms with Crippen LogP contribution in [0.4, 0.5) is 5.69 Å². The van der Waals surface area contributed by atoms with Gasteiger partial charge in [0.05, 0.1) is 39.0 Å². The topological polar surface area (TPSA) is 46.4 Å². The van der Waals surface area contributed by atoms with Gasteiger partial charge in [-0.2, -0.15) is 0 Å². The average Bonchev–Trinajstić information content (AvgIpc) is 2.78. The molecule has 1 heterocycles. The molecule has 2 N–H and O–H groups in total. The molecule has 0 saturated carbocycles. The van der Waals surface area contributed by atoms with Crippen LogP contribution in [0.25, 0.3) is 0 Å². The van der Waals surface area contributed by atoms with Gasteiger partial charge in [-0.25, -0.2) is 0 Å². The van der Waals surface area contributed by atoms with Crippen LogP contribution in [0.15, 0.2) is 48.5 Å². The molecule has 2 aromatic rings. The molecule has 1 fully saturated rings. The number of aliphatic hydroxyl groups is 1. The fourth-order valence-electron chi connectivity index (χ4n) is 3.98. The zero-order chi connectivity index (χ0) is 20.6. The van der Waals surface area contributed by atoms with Crippen LogP contribution < -0.4 is 19.3 Å². The van der Waals surface area contributed by atoms with Crippen LogP contribution in [0, 0.1) is 0 Å². The number of rotatable bonds is 9. The van der Waals surface area contributed by atoms with Crippen molar-refractivity contribution in [3.05, 3.63) is 54.1 Å². The number of ether oxygens (including phenoxy) is 2. The van der Waals surface area contributed by atoms with E-state index in [9.17, 15) is 5.11 Å². The van der Waals surface area contributed by atoms with E-state index in [0.29, 0.717) is 19.1 Å². The number of methoxy groups -OCH3 is 1. The summed E-state index contributed by atoms with van der Waals surface area (Å²) in [6.45, 7) is 9.37. The minimum atomic E-state index is -0.465. The minimum Gasteiger partial charge on any atom is -0.495 e. The third-order valence-electron chi connectivity index (χ3n) is 5.91. The van der Waals surface area contributed by atoms with Gasteiger partial charge >= 0.3 is 0 Å². The average molecular weight is 400 g/mol. The molecule has 3 rings (SSSR count). The van der Waals surface area contributed by atoms with E-state index in [1.165, 1.54) is 10.5 Å². The third kappa shape index (κ3) is 5.64. The summed E-state index contributed by atoms with van der Waals surface area (Å²) < 4.78 is 11.5. The highest BCUT2D eigenvalue weighted by Crippen LogP contribution is 2.29. The molecule has 1 aliphatic heterocycles. The van der Waals surface area contributed by atoms with Crippen molar-refractivity contribution >= 4 is 5.69 Å². The first-order valence-corrected chi connectivity index (χ1v) is 10.7. The lowest BCUT2D eigenvalue weighted by Crippen LogP contribution is -3.16. The first-order valence-electron chi connectivity index (χ1n) is 10.7. The van der Waals surface area contributed by atoms with Crippen molar-refractivity contribution in [2.45, 2.75) is 32.3 Å². The largest absolute Gasteiger partial charge is 0.495 e. The molecule has 29 heavy (non-hydrogen) atoms. The summed E-state index contributed by atoms with van der Waals surface area (Å²) >= 11 is 0. The van der Waals surface area contributed by atoms with Gasteiger partial charge in [-0.15, -0.1) is 0 Å². The number of nitrogens with one attached hydrogen (secondary N) is 1. The second kappa shape index (κ2) is 10.5. The van der Waals surface area contributed by atoms with Gasteiger partial charge in [-0.1, -0.05) is 44.2 Å². The van der Waals surface area contributed by atoms with Gasteiger partial charge in [0.25, 0.3) is 0 Å². The number of anilines is 1. The van der Waals surface area contributed by atoms with Crippen LogP contribution in [-0.2, 0) is 0 Å². The van der Waals surface area contributed by atoms with Crippen molar-refractivity contribution in [2.75, 3.05) is 51.3 Å². The lowest BCUT2D eigenvalue weighted by molar-refractivity contribution is -0.903. The van der Waals surface area contributed by atoms with E-state index in [0.717, 1.165) is 49.8 Å². The number of nitrogens with zero attached hydrogens (tertiary/aromatic N) is 1. The fraction of sp³-hybridized carbons (Fsp3) is 0.500. The standard InChI is InChI=1S/C24H34N2O3/c1-4-19(2)21-9-5-7-11-23(21)29-18-20(27)17-25-13-15-26(16-14-25)22-10-6-8-12-24(22)28-3/h5-12,19-20,27H,4,13-18H2,1-3H3/p+1/t19-,20-/m0/s1. The van der Waals surface area contributed by atoms with E-state index >= 15 is 0 Å². The summed E-state index contributed by atoms with van der Waals surface area (Å²) in [5, 5.41) is 10.5. The van der Waals surface area contributed by atoms with Crippen LogP contribution in [0.3, 0.4) is 0 Å². The maximum absolute atomic E-state index is 10.5. The van der Waals surface area contributed by atoms with E-state index in [4.69, 9.17) is 9.47 Å². The van der Waals surface area contributed by atoms with Crippen molar-refractivity contribution in [2.24, 2.45) is 0 Å². The summed E-state index contributed by atoms with van der Waals surface area (Å²) in [5.74, 6) is 2.28. The van der Waals surface area contributed by atoms with Gasteiger partial charge in [0.2, 0.25) is 0 Å². The summed E-state index contributed by atoms with van der Waals surface area (Å²) in [6.07, 6.45) is 0.608. The van der Waals surface area contributed by atoms with Crippen LogP contribution in [0.5, 0.6) is 11.5 Å². The Morgan fingerprint density at radius 3 is 2.38 bits per heavy atom. The highest BCUT2D eigenvalue weighted by molar-refractivity contribution is 5.58. The number of aliphatic hydroxyl groups excluding tert-OH is 1. The van der Waals surface area contributed by atoms with Gasteiger partial charge in [0, 0.05) is 0 Å². The maximum atomic E-state index is 10.5. The Labute approximate surface area is 174 Å². The Kier molecular flexibility index (Phi) is 7.78. The Morgan fingerprint density at radius 2 is 1.69 bits per heavy atom. The zero-order valence-electron chi connectivity index (χ0n) is 17.9. The van der Waals surface area contributed by atoms with Crippen molar-refractivity contribution in [3.63, 3.8) is 0 Å². The van der Waals surface area contributed by atoms with Crippen LogP contribution >= 0.6 is 0 Å². The number of hydrogen-bond donors (Lipinski definition) is 2. The Balaban J connectivity index is 1.47. The quantitative estimate of drug-likeness (QED) is 0.680. The van der Waals surface area contributed by atoms with Gasteiger partial charge in [-0.05, 0) is 36.1 Å². The third-order valence-corrected chi connectivity index (χ3v) is 5.91. The molecular formula is C24H35N2O3+. The molecule has 0 spiro atoms. The maximum Gasteiger partial charge on any atom is 0.142 e. The van der Waals surface area contributed by atoms with E-state index in [1.807, 2.05) is 24.3 Å². The monoisotopic (exact) mass is 399 g/mol. The Hall–Kier alpha value is -2.24. The van der Waals surface area contributed by atoms with E-state index < -0.39 is 6.10 Å². The summed E-state index contributed by atoms with van der Waals surface area (Å²) in [4.78, 5) is 3.79. The normalized spacial score (nSPS) is 17.0. The van der Waals surface area contributed by atoms with Crippen molar-refractivity contribution in [3.8, 4) is 11.5 Å². The SMILES string of the molecule is CC[C@H](C)c1ccccc1OC[C@@H](O)C[NH+]1CCN(c2ccccc2OC)CC1. The molecule has 0 radical (unpaired) electrons. The van der Waals surface area contributed by atoms with E-state index in [-0.39, 0.29) is 0 Å². The van der Waals surface area contributed by atoms with Crippen molar-refractivity contribution in [1.82, 2.24) is 0 Å². The number of quaternary nitrogens is 1. The smallest absolute Gasteiger partial charge is 0.142 e. The lowest BCUT2D eigenvalue weighted by atomic mass is 9.98. The summed E-state index contributed by atoms with van der Waals surface area (Å²) in [5.41, 5.74) is 2.37. The van der Waals surface area contributed by atoms with Gasteiger partial charge in [-0.3, -0.25) is 0 Å². The van der Waals surface area contributed by atoms with Gasteiger partial charge < -0.3 is 24.4 Å². The first kappa shape index (κ1) is 21.5. The number of piperazine rings is 1. The molecule has 5 heteroatoms. The zero-order valence-corrected chi connectivity index (χ0v) is 17.9. The molecule has 158 valence electrons. The molecule has 2 atom stereocenters. The highest BCUT2D eigenvalue weighted by atomic mass is 16.5. The molecule has 0 bridgehead atoms. The molecule has 1 saturated heterocycles. The van der Waals surface area contributed by atoms with Crippen LogP contribution in [0.1, 0.15) is 31.7 Å². The van der Waals surface area contributed by atoms with Gasteiger partial charge in [0.15, 0.2) is 0 Å². The van der Waals surface area contributed by atoms with E-state index in [2.05, 4.69) is 43.0 Å². The second-order valence-electron chi connectivity index (χ2n) is 7.92. The molecule has 0 unspecified atom stereocenters. The minimum absolute atomic E-state index is 0.340. The summed E-state index contributed by atoms with van der Waals surface area (Å²) in [6, 6.07) is 16.3. The van der Waals surface area contributed by atoms with Gasteiger partial charge in [0.1, 0.15) is 30.8 Å². The first-order chi connectivity index (χ1) is 14.1. The summed E-state index contributed by atoms with van der Waals surface area (Å²) in [7, 11) is 1.72. The molecule has 1 aliphatic rings. The molecule has 0 aromatic heterocycles. The van der Waals surface area contributed by atoms with Crippen LogP contribution in [0.2, 0.25) is 0 Å². The fourth-order valence-corrected chi connectivity index (χ4v) is 3.98. The van der Waals surface area contributed by atoms with Crippen LogP contribution in [-0.4, -0.2) is 57.7 Å². The number of benzene rings is 2. The number of hydrogen-bond acceptors (Lipinski definition) is 4. The van der Waals surface area contributed by atoms with Crippen molar-refractivity contribution in [1.29, 1.82) is 0 Å². The predicted molar refractivity (Wildman–Crippen MR) is 117 cm³/mol. The van der Waals surface area contributed by atoms with E-state index in [1.54, 1.807) is 7.11 Å². The van der Waals surface area contributed by atoms with Crippen molar-refractivity contribution < 1.29 is 19.5 Å².